The Kier molecular flexibility index (Phi) is 6.71. The van der Waals surface area contributed by atoms with E-state index in [9.17, 15) is 4.39 Å². The molecule has 0 atom stereocenters. The van der Waals surface area contributed by atoms with Crippen LogP contribution in [0.5, 0.6) is 0 Å². The molecule has 0 aromatic heterocycles. The lowest BCUT2D eigenvalue weighted by Gasteiger charge is -2.32. The summed E-state index contributed by atoms with van der Waals surface area (Å²) in [6, 6.07) is 15.6. The maximum Gasteiger partial charge on any atom is 0.141 e. The second-order valence-corrected chi connectivity index (χ2v) is 7.29. The summed E-state index contributed by atoms with van der Waals surface area (Å²) in [5, 5.41) is 3.49. The molecule has 0 aliphatic carbocycles. The van der Waals surface area contributed by atoms with Crippen molar-refractivity contribution in [1.29, 1.82) is 0 Å². The summed E-state index contributed by atoms with van der Waals surface area (Å²) < 4.78 is 13.1. The highest BCUT2D eigenvalue weighted by atomic mass is 35.5. The van der Waals surface area contributed by atoms with Crippen LogP contribution in [0.3, 0.4) is 0 Å². The van der Waals surface area contributed by atoms with Crippen LogP contribution in [0.1, 0.15) is 24.8 Å². The Balaban J connectivity index is 1.32. The lowest BCUT2D eigenvalue weighted by molar-refractivity contribution is 0.183. The quantitative estimate of drug-likeness (QED) is 0.679. The molecule has 2 aromatic rings. The van der Waals surface area contributed by atoms with Crippen molar-refractivity contribution in [2.45, 2.75) is 25.7 Å². The number of nitrogens with zero attached hydrogens (tertiary/aromatic N) is 1. The SMILES string of the molecule is Fc1ccc(NCCCN2CCC(Cc3ccccc3)CC2)cc1Cl. The molecule has 0 unspecified atom stereocenters. The number of likely N-dealkylation sites (tertiary alicyclic amines) is 1. The summed E-state index contributed by atoms with van der Waals surface area (Å²) in [7, 11) is 0. The number of rotatable bonds is 7. The summed E-state index contributed by atoms with van der Waals surface area (Å²) in [4.78, 5) is 2.56. The summed E-state index contributed by atoms with van der Waals surface area (Å²) in [6.45, 7) is 4.38. The van der Waals surface area contributed by atoms with Crippen LogP contribution in [0.4, 0.5) is 10.1 Å². The molecule has 4 heteroatoms. The predicted molar refractivity (Wildman–Crippen MR) is 104 cm³/mol. The Morgan fingerprint density at radius 2 is 1.84 bits per heavy atom. The van der Waals surface area contributed by atoms with Crippen LogP contribution < -0.4 is 5.32 Å². The van der Waals surface area contributed by atoms with Gasteiger partial charge in [-0.1, -0.05) is 41.9 Å². The molecule has 134 valence electrons. The van der Waals surface area contributed by atoms with Crippen molar-refractivity contribution in [2.75, 3.05) is 31.5 Å². The fraction of sp³-hybridized carbons (Fsp3) is 0.429. The first-order valence-electron chi connectivity index (χ1n) is 9.16. The molecule has 0 saturated carbocycles. The summed E-state index contributed by atoms with van der Waals surface area (Å²) >= 11 is 5.80. The second kappa shape index (κ2) is 9.21. The van der Waals surface area contributed by atoms with Crippen LogP contribution in [0.25, 0.3) is 0 Å². The standard InChI is InChI=1S/C21H26ClFN2/c22-20-16-19(7-8-21(20)23)24-11-4-12-25-13-9-18(10-14-25)15-17-5-2-1-3-6-17/h1-3,5-8,16,18,24H,4,9-15H2. The van der Waals surface area contributed by atoms with Gasteiger partial charge in [0.2, 0.25) is 0 Å². The van der Waals surface area contributed by atoms with Crippen molar-refractivity contribution < 1.29 is 4.39 Å². The maximum atomic E-state index is 13.1. The Bertz CT molecular complexity index is 654. The first-order chi connectivity index (χ1) is 12.2. The van der Waals surface area contributed by atoms with E-state index in [4.69, 9.17) is 11.6 Å². The van der Waals surface area contributed by atoms with Gasteiger partial charge in [0.15, 0.2) is 0 Å². The highest BCUT2D eigenvalue weighted by Crippen LogP contribution is 2.22. The van der Waals surface area contributed by atoms with Gasteiger partial charge < -0.3 is 10.2 Å². The third-order valence-corrected chi connectivity index (χ3v) is 5.26. The van der Waals surface area contributed by atoms with Gasteiger partial charge in [-0.05, 0) is 75.0 Å². The largest absolute Gasteiger partial charge is 0.385 e. The molecule has 0 bridgehead atoms. The van der Waals surface area contributed by atoms with E-state index < -0.39 is 0 Å². The van der Waals surface area contributed by atoms with Crippen molar-refractivity contribution >= 4 is 17.3 Å². The average Bonchev–Trinajstić information content (AvgIpc) is 2.64. The maximum absolute atomic E-state index is 13.1. The van der Waals surface area contributed by atoms with Gasteiger partial charge in [-0.15, -0.1) is 0 Å². The number of hydrogen-bond acceptors (Lipinski definition) is 2. The average molecular weight is 361 g/mol. The van der Waals surface area contributed by atoms with E-state index in [2.05, 4.69) is 40.5 Å². The molecule has 1 saturated heterocycles. The Morgan fingerprint density at radius 1 is 1.08 bits per heavy atom. The zero-order chi connectivity index (χ0) is 17.5. The van der Waals surface area contributed by atoms with Crippen molar-refractivity contribution in [1.82, 2.24) is 4.90 Å². The number of nitrogens with one attached hydrogen (secondary N) is 1. The number of benzene rings is 2. The van der Waals surface area contributed by atoms with Gasteiger partial charge in [-0.25, -0.2) is 4.39 Å². The van der Waals surface area contributed by atoms with Gasteiger partial charge in [0, 0.05) is 12.2 Å². The van der Waals surface area contributed by atoms with E-state index >= 15 is 0 Å². The zero-order valence-corrected chi connectivity index (χ0v) is 15.3. The Morgan fingerprint density at radius 3 is 2.56 bits per heavy atom. The summed E-state index contributed by atoms with van der Waals surface area (Å²) in [5.41, 5.74) is 2.34. The minimum absolute atomic E-state index is 0.172. The molecule has 2 nitrogen and oxygen atoms in total. The Labute approximate surface area is 155 Å². The van der Waals surface area contributed by atoms with Gasteiger partial charge in [0.05, 0.1) is 5.02 Å². The van der Waals surface area contributed by atoms with Gasteiger partial charge in [-0.2, -0.15) is 0 Å². The van der Waals surface area contributed by atoms with E-state index in [0.717, 1.165) is 31.1 Å². The highest BCUT2D eigenvalue weighted by molar-refractivity contribution is 6.31. The van der Waals surface area contributed by atoms with Gasteiger partial charge >= 0.3 is 0 Å². The first-order valence-corrected chi connectivity index (χ1v) is 9.54. The van der Waals surface area contributed by atoms with E-state index in [1.165, 1.54) is 44.0 Å². The molecule has 1 aliphatic rings. The van der Waals surface area contributed by atoms with Crippen molar-refractivity contribution in [3.8, 4) is 0 Å². The molecule has 2 aromatic carbocycles. The fourth-order valence-electron chi connectivity index (χ4n) is 3.50. The summed E-state index contributed by atoms with van der Waals surface area (Å²) in [5.74, 6) is 0.448. The van der Waals surface area contributed by atoms with Crippen LogP contribution in [0.15, 0.2) is 48.5 Å². The normalized spacial score (nSPS) is 16.1. The van der Waals surface area contributed by atoms with Crippen LogP contribution in [-0.4, -0.2) is 31.1 Å². The molecule has 1 N–H and O–H groups in total. The molecule has 1 heterocycles. The molecular formula is C21H26ClFN2. The molecule has 0 amide bonds. The van der Waals surface area contributed by atoms with Crippen LogP contribution in [0.2, 0.25) is 5.02 Å². The third-order valence-electron chi connectivity index (χ3n) is 4.97. The fourth-order valence-corrected chi connectivity index (χ4v) is 3.68. The van der Waals surface area contributed by atoms with E-state index in [-0.39, 0.29) is 10.8 Å². The molecule has 1 fully saturated rings. The number of halogens is 2. The minimum atomic E-state index is -0.370. The molecule has 0 spiro atoms. The molecule has 0 radical (unpaired) electrons. The summed E-state index contributed by atoms with van der Waals surface area (Å²) in [6.07, 6.45) is 4.87. The van der Waals surface area contributed by atoms with Crippen molar-refractivity contribution in [2.24, 2.45) is 5.92 Å². The van der Waals surface area contributed by atoms with E-state index in [0.29, 0.717) is 0 Å². The minimum Gasteiger partial charge on any atom is -0.385 e. The second-order valence-electron chi connectivity index (χ2n) is 6.88. The lowest BCUT2D eigenvalue weighted by Crippen LogP contribution is -2.35. The van der Waals surface area contributed by atoms with Crippen LogP contribution in [-0.2, 0) is 6.42 Å². The van der Waals surface area contributed by atoms with Crippen LogP contribution >= 0.6 is 11.6 Å². The van der Waals surface area contributed by atoms with E-state index in [1.54, 1.807) is 12.1 Å². The molecule has 25 heavy (non-hydrogen) atoms. The predicted octanol–water partition coefficient (Wildman–Crippen LogP) is 5.24. The van der Waals surface area contributed by atoms with Gasteiger partial charge in [0.25, 0.3) is 0 Å². The van der Waals surface area contributed by atoms with E-state index in [1.807, 2.05) is 0 Å². The monoisotopic (exact) mass is 360 g/mol. The molecular weight excluding hydrogens is 335 g/mol. The van der Waals surface area contributed by atoms with Gasteiger partial charge in [-0.3, -0.25) is 0 Å². The third kappa shape index (κ3) is 5.72. The highest BCUT2D eigenvalue weighted by Gasteiger charge is 2.18. The van der Waals surface area contributed by atoms with Crippen molar-refractivity contribution in [3.63, 3.8) is 0 Å². The smallest absolute Gasteiger partial charge is 0.141 e. The number of piperidine rings is 1. The van der Waals surface area contributed by atoms with Crippen molar-refractivity contribution in [3.05, 3.63) is 64.9 Å². The Hall–Kier alpha value is -1.58. The molecule has 1 aliphatic heterocycles. The van der Waals surface area contributed by atoms with Crippen LogP contribution in [0, 0.1) is 11.7 Å². The molecule has 3 rings (SSSR count). The zero-order valence-electron chi connectivity index (χ0n) is 14.6. The first kappa shape index (κ1) is 18.2. The topological polar surface area (TPSA) is 15.3 Å². The number of anilines is 1. The lowest BCUT2D eigenvalue weighted by atomic mass is 9.90. The van der Waals surface area contributed by atoms with Gasteiger partial charge in [0.1, 0.15) is 5.82 Å². The number of hydrogen-bond donors (Lipinski definition) is 1.